The zero-order valence-electron chi connectivity index (χ0n) is 21.9. The summed E-state index contributed by atoms with van der Waals surface area (Å²) in [5.41, 5.74) is 2.92. The van der Waals surface area contributed by atoms with E-state index in [4.69, 9.17) is 0 Å². The molecule has 2 saturated heterocycles. The van der Waals surface area contributed by atoms with Gasteiger partial charge in [-0.2, -0.15) is 0 Å². The van der Waals surface area contributed by atoms with Gasteiger partial charge in [-0.05, 0) is 35.2 Å². The predicted molar refractivity (Wildman–Crippen MR) is 145 cm³/mol. The summed E-state index contributed by atoms with van der Waals surface area (Å²) in [5, 5.41) is 2.26. The van der Waals surface area contributed by atoms with Gasteiger partial charge in [0.15, 0.2) is 0 Å². The third-order valence-electron chi connectivity index (χ3n) is 8.04. The summed E-state index contributed by atoms with van der Waals surface area (Å²) in [5.74, 6) is -2.54. The number of rotatable bonds is 5. The number of carbonyl (C=O) groups is 4. The number of piperidine rings is 1. The predicted octanol–water partition coefficient (Wildman–Crippen LogP) is 3.13. The third kappa shape index (κ3) is 4.77. The number of hydrogen-bond acceptors (Lipinski definition) is 5. The number of fused-ring (bicyclic) bond motifs is 1. The molecule has 204 valence electrons. The van der Waals surface area contributed by atoms with Crippen LogP contribution in [0.1, 0.15) is 56.3 Å². The molecule has 1 atom stereocenters. The van der Waals surface area contributed by atoms with Crippen molar-refractivity contribution in [2.24, 2.45) is 0 Å². The van der Waals surface area contributed by atoms with Gasteiger partial charge in [0.2, 0.25) is 11.8 Å². The Morgan fingerprint density at radius 1 is 0.875 bits per heavy atom. The number of halogens is 1. The molecule has 2 fully saturated rings. The monoisotopic (exact) mass is 540 g/mol. The number of benzene rings is 3. The van der Waals surface area contributed by atoms with E-state index in [0.29, 0.717) is 31.7 Å². The molecule has 0 saturated carbocycles. The molecule has 0 aliphatic carbocycles. The molecule has 3 aliphatic heterocycles. The molecule has 0 radical (unpaired) electrons. The highest BCUT2D eigenvalue weighted by atomic mass is 19.1. The van der Waals surface area contributed by atoms with Crippen LogP contribution in [-0.4, -0.2) is 70.5 Å². The largest absolute Gasteiger partial charge is 0.336 e. The molecule has 1 N–H and O–H groups in total. The lowest BCUT2D eigenvalue weighted by atomic mass is 9.96. The SMILES string of the molecule is O=C1CCC(N2Cc3cc(C(=O)N4CCN(C(c5ccccc5)c5ccccc5)CC4)c(F)cc3C2=O)C(=O)N1. The van der Waals surface area contributed by atoms with E-state index >= 15 is 4.39 Å². The van der Waals surface area contributed by atoms with Crippen LogP contribution >= 0.6 is 0 Å². The molecule has 8 nitrogen and oxygen atoms in total. The normalized spacial score (nSPS) is 19.6. The van der Waals surface area contributed by atoms with Gasteiger partial charge in [0.05, 0.1) is 11.6 Å². The van der Waals surface area contributed by atoms with Crippen LogP contribution in [0.2, 0.25) is 0 Å². The first-order valence-corrected chi connectivity index (χ1v) is 13.5. The van der Waals surface area contributed by atoms with Crippen molar-refractivity contribution in [3.63, 3.8) is 0 Å². The standard InChI is InChI=1S/C31H29FN4O4/c32-25-18-23-22(19-36(31(23)40)26-11-12-27(37)33-29(26)38)17-24(25)30(39)35-15-13-34(14-16-35)28(20-7-3-1-4-8-20)21-9-5-2-6-10-21/h1-10,17-18,26,28H,11-16,19H2,(H,33,37,38). The summed E-state index contributed by atoms with van der Waals surface area (Å²) in [6.45, 7) is 2.20. The van der Waals surface area contributed by atoms with Gasteiger partial charge >= 0.3 is 0 Å². The number of nitrogens with one attached hydrogen (secondary N) is 1. The van der Waals surface area contributed by atoms with Crippen molar-refractivity contribution < 1.29 is 23.6 Å². The summed E-state index contributed by atoms with van der Waals surface area (Å²) >= 11 is 0. The summed E-state index contributed by atoms with van der Waals surface area (Å²) in [7, 11) is 0. The number of hydrogen-bond donors (Lipinski definition) is 1. The minimum absolute atomic E-state index is 0.0423. The quantitative estimate of drug-likeness (QED) is 0.503. The molecule has 3 aromatic carbocycles. The lowest BCUT2D eigenvalue weighted by Gasteiger charge is -2.40. The van der Waals surface area contributed by atoms with Gasteiger partial charge in [-0.25, -0.2) is 4.39 Å². The molecule has 9 heteroatoms. The Bertz CT molecular complexity index is 1430. The van der Waals surface area contributed by atoms with Crippen molar-refractivity contribution in [1.82, 2.24) is 20.0 Å². The van der Waals surface area contributed by atoms with Crippen LogP contribution in [0.15, 0.2) is 72.8 Å². The highest BCUT2D eigenvalue weighted by molar-refractivity contribution is 6.06. The zero-order chi connectivity index (χ0) is 27.8. The topological polar surface area (TPSA) is 90.0 Å². The first-order chi connectivity index (χ1) is 19.4. The molecule has 4 amide bonds. The maximum absolute atomic E-state index is 15.2. The minimum atomic E-state index is -0.796. The Morgan fingerprint density at radius 2 is 1.50 bits per heavy atom. The Hall–Kier alpha value is -4.37. The minimum Gasteiger partial charge on any atom is -0.336 e. The van der Waals surface area contributed by atoms with E-state index in [2.05, 4.69) is 34.5 Å². The molecular formula is C31H29FN4O4. The Balaban J connectivity index is 1.17. The van der Waals surface area contributed by atoms with Gasteiger partial charge in [-0.1, -0.05) is 60.7 Å². The molecule has 1 unspecified atom stereocenters. The van der Waals surface area contributed by atoms with Gasteiger partial charge in [-0.3, -0.25) is 29.4 Å². The van der Waals surface area contributed by atoms with E-state index in [1.54, 1.807) is 4.90 Å². The van der Waals surface area contributed by atoms with Gasteiger partial charge in [0, 0.05) is 44.7 Å². The lowest BCUT2D eigenvalue weighted by molar-refractivity contribution is -0.136. The zero-order valence-corrected chi connectivity index (χ0v) is 21.9. The van der Waals surface area contributed by atoms with E-state index in [0.717, 1.165) is 6.07 Å². The van der Waals surface area contributed by atoms with Crippen LogP contribution in [0.3, 0.4) is 0 Å². The van der Waals surface area contributed by atoms with Gasteiger partial charge < -0.3 is 9.80 Å². The van der Waals surface area contributed by atoms with Crippen molar-refractivity contribution in [3.05, 3.63) is 106 Å². The van der Waals surface area contributed by atoms with E-state index in [1.807, 2.05) is 36.4 Å². The van der Waals surface area contributed by atoms with Gasteiger partial charge in [0.25, 0.3) is 11.8 Å². The maximum atomic E-state index is 15.2. The van der Waals surface area contributed by atoms with Gasteiger partial charge in [0.1, 0.15) is 11.9 Å². The second-order valence-electron chi connectivity index (χ2n) is 10.4. The van der Waals surface area contributed by atoms with Crippen LogP contribution < -0.4 is 5.32 Å². The maximum Gasteiger partial charge on any atom is 0.256 e. The van der Waals surface area contributed by atoms with E-state index < -0.39 is 29.6 Å². The van der Waals surface area contributed by atoms with E-state index in [-0.39, 0.29) is 42.5 Å². The number of imide groups is 1. The number of nitrogens with zero attached hydrogens (tertiary/aromatic N) is 3. The van der Waals surface area contributed by atoms with Crippen LogP contribution in [0.4, 0.5) is 4.39 Å². The summed E-state index contributed by atoms with van der Waals surface area (Å²) in [4.78, 5) is 55.6. The molecule has 40 heavy (non-hydrogen) atoms. The second kappa shape index (κ2) is 10.7. The number of carbonyl (C=O) groups excluding carboxylic acids is 4. The van der Waals surface area contributed by atoms with Crippen LogP contribution in [-0.2, 0) is 16.1 Å². The van der Waals surface area contributed by atoms with Crippen molar-refractivity contribution in [2.75, 3.05) is 26.2 Å². The molecule has 0 spiro atoms. The molecule has 0 bridgehead atoms. The highest BCUT2D eigenvalue weighted by Gasteiger charge is 2.40. The first-order valence-electron chi connectivity index (χ1n) is 13.5. The van der Waals surface area contributed by atoms with Crippen molar-refractivity contribution in [3.8, 4) is 0 Å². The molecule has 3 aromatic rings. The van der Waals surface area contributed by atoms with Crippen LogP contribution in [0.5, 0.6) is 0 Å². The van der Waals surface area contributed by atoms with Gasteiger partial charge in [-0.15, -0.1) is 0 Å². The number of piperazine rings is 1. The summed E-state index contributed by atoms with van der Waals surface area (Å²) in [6, 6.07) is 22.3. The summed E-state index contributed by atoms with van der Waals surface area (Å²) in [6.07, 6.45) is 0.353. The average molecular weight is 541 g/mol. The lowest BCUT2D eigenvalue weighted by Crippen LogP contribution is -2.52. The average Bonchev–Trinajstić information content (AvgIpc) is 3.28. The molecule has 0 aromatic heterocycles. The smallest absolute Gasteiger partial charge is 0.256 e. The molecule has 3 aliphatic rings. The number of amides is 4. The fourth-order valence-corrected chi connectivity index (χ4v) is 5.99. The highest BCUT2D eigenvalue weighted by Crippen LogP contribution is 2.32. The van der Waals surface area contributed by atoms with E-state index in [9.17, 15) is 19.2 Å². The van der Waals surface area contributed by atoms with E-state index in [1.165, 1.54) is 22.1 Å². The third-order valence-corrected chi connectivity index (χ3v) is 8.04. The Labute approximate surface area is 231 Å². The Kier molecular flexibility index (Phi) is 6.89. The molecule has 6 rings (SSSR count). The van der Waals surface area contributed by atoms with Crippen LogP contribution in [0.25, 0.3) is 0 Å². The van der Waals surface area contributed by atoms with Crippen molar-refractivity contribution >= 4 is 23.6 Å². The fourth-order valence-electron chi connectivity index (χ4n) is 5.99. The fraction of sp³-hybridized carbons (Fsp3) is 0.290. The molecule has 3 heterocycles. The summed E-state index contributed by atoms with van der Waals surface area (Å²) < 4.78 is 15.2. The van der Waals surface area contributed by atoms with Crippen molar-refractivity contribution in [2.45, 2.75) is 31.5 Å². The molecular weight excluding hydrogens is 511 g/mol. The first kappa shape index (κ1) is 25.9. The Morgan fingerprint density at radius 3 is 2.10 bits per heavy atom. The van der Waals surface area contributed by atoms with Crippen LogP contribution in [0, 0.1) is 5.82 Å². The van der Waals surface area contributed by atoms with Crippen molar-refractivity contribution in [1.29, 1.82) is 0 Å². The second-order valence-corrected chi connectivity index (χ2v) is 10.4.